The van der Waals surface area contributed by atoms with Crippen LogP contribution in [0.15, 0.2) is 59.0 Å². The molecule has 0 saturated carbocycles. The van der Waals surface area contributed by atoms with Crippen LogP contribution in [0.25, 0.3) is 11.3 Å². The average molecular weight is 428 g/mol. The molecule has 11 nitrogen and oxygen atoms in total. The molecule has 0 aliphatic heterocycles. The first-order valence-corrected chi connectivity index (χ1v) is 8.60. The lowest BCUT2D eigenvalue weighted by molar-refractivity contribution is -0.385. The number of hydrogen-bond donors (Lipinski definition) is 3. The Hall–Kier alpha value is -4.32. The van der Waals surface area contributed by atoms with Crippen molar-refractivity contribution in [3.63, 3.8) is 0 Å². The molecular formula is C18H12N4O7S. The fourth-order valence-corrected chi connectivity index (χ4v) is 2.65. The predicted octanol–water partition coefficient (Wildman–Crippen LogP) is 3.60. The Morgan fingerprint density at radius 3 is 2.40 bits per heavy atom. The first-order chi connectivity index (χ1) is 14.2. The van der Waals surface area contributed by atoms with Gasteiger partial charge in [0.15, 0.2) is 10.9 Å². The molecule has 0 aliphatic rings. The number of hydrogen-bond acceptors (Lipinski definition) is 8. The van der Waals surface area contributed by atoms with Crippen LogP contribution in [0.4, 0.5) is 17.1 Å². The summed E-state index contributed by atoms with van der Waals surface area (Å²) < 4.78 is 5.43. The van der Waals surface area contributed by atoms with E-state index in [1.165, 1.54) is 30.3 Å². The number of nitro groups is 2. The Morgan fingerprint density at radius 2 is 1.70 bits per heavy atom. The van der Waals surface area contributed by atoms with Gasteiger partial charge in [-0.25, -0.2) is 0 Å². The predicted molar refractivity (Wildman–Crippen MR) is 109 cm³/mol. The Balaban J connectivity index is 1.71. The molecule has 2 aromatic carbocycles. The van der Waals surface area contributed by atoms with Gasteiger partial charge in [0.2, 0.25) is 0 Å². The highest BCUT2D eigenvalue weighted by Gasteiger charge is 2.17. The number of aromatic hydroxyl groups is 1. The summed E-state index contributed by atoms with van der Waals surface area (Å²) in [5, 5.41) is 36.1. The van der Waals surface area contributed by atoms with E-state index in [0.717, 1.165) is 18.2 Å². The fourth-order valence-electron chi connectivity index (χ4n) is 2.44. The number of phenolic OH excluding ortho intramolecular Hbond substituents is 1. The van der Waals surface area contributed by atoms with Gasteiger partial charge in [0, 0.05) is 29.8 Å². The molecule has 3 aromatic rings. The molecular weight excluding hydrogens is 416 g/mol. The van der Waals surface area contributed by atoms with Crippen LogP contribution in [0.5, 0.6) is 5.75 Å². The summed E-state index contributed by atoms with van der Waals surface area (Å²) in [5.41, 5.74) is -0.0641. The van der Waals surface area contributed by atoms with E-state index in [9.17, 15) is 30.1 Å². The number of nitro benzene ring substituents is 2. The molecule has 0 bridgehead atoms. The van der Waals surface area contributed by atoms with Gasteiger partial charge in [-0.05, 0) is 30.4 Å². The van der Waals surface area contributed by atoms with Gasteiger partial charge in [0.1, 0.15) is 11.5 Å². The average Bonchev–Trinajstić information content (AvgIpc) is 3.20. The lowest BCUT2D eigenvalue weighted by atomic mass is 10.1. The van der Waals surface area contributed by atoms with E-state index in [-0.39, 0.29) is 39.4 Å². The van der Waals surface area contributed by atoms with Crippen molar-refractivity contribution in [2.75, 3.05) is 5.32 Å². The summed E-state index contributed by atoms with van der Waals surface area (Å²) in [6, 6.07) is 11.8. The van der Waals surface area contributed by atoms with Crippen LogP contribution in [0.1, 0.15) is 10.6 Å². The van der Waals surface area contributed by atoms with Crippen molar-refractivity contribution < 1.29 is 24.2 Å². The summed E-state index contributed by atoms with van der Waals surface area (Å²) in [5.74, 6) is -0.916. The molecule has 0 atom stereocenters. The molecule has 30 heavy (non-hydrogen) atoms. The lowest BCUT2D eigenvalue weighted by Gasteiger charge is -2.10. The van der Waals surface area contributed by atoms with E-state index < -0.39 is 15.8 Å². The van der Waals surface area contributed by atoms with Gasteiger partial charge in [-0.1, -0.05) is 12.1 Å². The molecule has 1 heterocycles. The molecule has 0 unspecified atom stereocenters. The molecule has 0 radical (unpaired) electrons. The van der Waals surface area contributed by atoms with Crippen molar-refractivity contribution in [1.82, 2.24) is 5.32 Å². The van der Waals surface area contributed by atoms with E-state index >= 15 is 0 Å². The zero-order valence-corrected chi connectivity index (χ0v) is 15.7. The Bertz CT molecular complexity index is 1170. The fraction of sp³-hybridized carbons (Fsp3) is 0. The topological polar surface area (TPSA) is 161 Å². The molecule has 1 aromatic heterocycles. The van der Waals surface area contributed by atoms with Gasteiger partial charge >= 0.3 is 0 Å². The van der Waals surface area contributed by atoms with Gasteiger partial charge in [0.05, 0.1) is 15.5 Å². The number of thiocarbonyl (C=S) groups is 1. The minimum Gasteiger partial charge on any atom is -0.506 e. The Labute approximate surface area is 173 Å². The van der Waals surface area contributed by atoms with Crippen LogP contribution in [0.2, 0.25) is 0 Å². The van der Waals surface area contributed by atoms with Crippen LogP contribution < -0.4 is 10.6 Å². The minimum absolute atomic E-state index is 0.0637. The summed E-state index contributed by atoms with van der Waals surface area (Å²) in [6.07, 6.45) is 0. The molecule has 1 amide bonds. The number of nitrogens with one attached hydrogen (secondary N) is 2. The highest BCUT2D eigenvalue weighted by atomic mass is 32.1. The number of phenols is 1. The van der Waals surface area contributed by atoms with Crippen LogP contribution in [-0.2, 0) is 0 Å². The molecule has 0 aliphatic carbocycles. The highest BCUT2D eigenvalue weighted by molar-refractivity contribution is 7.80. The molecule has 0 fully saturated rings. The number of amides is 1. The maximum absolute atomic E-state index is 12.3. The minimum atomic E-state index is -0.728. The number of rotatable bonds is 5. The van der Waals surface area contributed by atoms with Gasteiger partial charge in [0.25, 0.3) is 17.3 Å². The van der Waals surface area contributed by atoms with Crippen molar-refractivity contribution in [3.05, 3.63) is 80.6 Å². The van der Waals surface area contributed by atoms with Gasteiger partial charge in [-0.15, -0.1) is 0 Å². The Morgan fingerprint density at radius 1 is 1.00 bits per heavy atom. The molecule has 0 spiro atoms. The third-order valence-corrected chi connectivity index (χ3v) is 4.04. The summed E-state index contributed by atoms with van der Waals surface area (Å²) in [6.45, 7) is 0. The van der Waals surface area contributed by atoms with Crippen LogP contribution >= 0.6 is 12.2 Å². The normalized spacial score (nSPS) is 10.3. The second-order valence-corrected chi connectivity index (χ2v) is 6.25. The number of furan rings is 1. The van der Waals surface area contributed by atoms with Crippen LogP contribution in [0, 0.1) is 20.2 Å². The number of carbonyl (C=O) groups excluding carboxylic acids is 1. The maximum Gasteiger partial charge on any atom is 0.293 e. The number of benzene rings is 2. The van der Waals surface area contributed by atoms with Crippen molar-refractivity contribution in [2.24, 2.45) is 0 Å². The van der Waals surface area contributed by atoms with Gasteiger partial charge < -0.3 is 14.8 Å². The van der Waals surface area contributed by atoms with Crippen LogP contribution in [0.3, 0.4) is 0 Å². The quantitative estimate of drug-likeness (QED) is 0.239. The van der Waals surface area contributed by atoms with Gasteiger partial charge in [-0.2, -0.15) is 0 Å². The standard InChI is InChI=1S/C18H12N4O7S/c23-14-5-4-12(22(27)28)9-13(14)19-18(30)20-17(24)16-7-6-15(29-16)10-2-1-3-11(8-10)21(25)26/h1-9,23H,(H2,19,20,24,30). The van der Waals surface area contributed by atoms with E-state index in [0.29, 0.717) is 5.56 Å². The summed E-state index contributed by atoms with van der Waals surface area (Å²) >= 11 is 4.99. The van der Waals surface area contributed by atoms with Crippen molar-refractivity contribution in [3.8, 4) is 17.1 Å². The first kappa shape index (κ1) is 20.4. The zero-order valence-electron chi connectivity index (χ0n) is 14.9. The monoisotopic (exact) mass is 428 g/mol. The maximum atomic E-state index is 12.3. The van der Waals surface area contributed by atoms with E-state index in [1.807, 2.05) is 0 Å². The van der Waals surface area contributed by atoms with Crippen LogP contribution in [-0.4, -0.2) is 26.0 Å². The second kappa shape index (κ2) is 8.36. The van der Waals surface area contributed by atoms with E-state index in [4.69, 9.17) is 16.6 Å². The smallest absolute Gasteiger partial charge is 0.293 e. The zero-order chi connectivity index (χ0) is 21.8. The number of anilines is 1. The van der Waals surface area contributed by atoms with Crippen molar-refractivity contribution in [2.45, 2.75) is 0 Å². The number of nitrogens with zero attached hydrogens (tertiary/aromatic N) is 2. The largest absolute Gasteiger partial charge is 0.506 e. The van der Waals surface area contributed by atoms with E-state index in [1.54, 1.807) is 6.07 Å². The first-order valence-electron chi connectivity index (χ1n) is 8.19. The van der Waals surface area contributed by atoms with Crippen molar-refractivity contribution in [1.29, 1.82) is 0 Å². The van der Waals surface area contributed by atoms with E-state index in [2.05, 4.69) is 10.6 Å². The highest BCUT2D eigenvalue weighted by Crippen LogP contribution is 2.28. The van der Waals surface area contributed by atoms with Crippen molar-refractivity contribution >= 4 is 40.3 Å². The van der Waals surface area contributed by atoms with Gasteiger partial charge in [-0.3, -0.25) is 30.3 Å². The summed E-state index contributed by atoms with van der Waals surface area (Å²) in [4.78, 5) is 32.8. The SMILES string of the molecule is O=C(NC(=S)Nc1cc([N+](=O)[O-])ccc1O)c1ccc(-c2cccc([N+](=O)[O-])c2)o1. The Kier molecular flexibility index (Phi) is 5.69. The third kappa shape index (κ3) is 4.56. The molecule has 0 saturated heterocycles. The molecule has 3 rings (SSSR count). The third-order valence-electron chi connectivity index (χ3n) is 3.84. The lowest BCUT2D eigenvalue weighted by Crippen LogP contribution is -2.33. The number of carbonyl (C=O) groups is 1. The molecule has 12 heteroatoms. The number of non-ortho nitro benzene ring substituents is 2. The molecule has 152 valence electrons. The summed E-state index contributed by atoms with van der Waals surface area (Å²) in [7, 11) is 0. The molecule has 3 N–H and O–H groups in total. The second-order valence-electron chi connectivity index (χ2n) is 5.84.